The van der Waals surface area contributed by atoms with Crippen LogP contribution in [0.2, 0.25) is 5.02 Å². The van der Waals surface area contributed by atoms with Crippen molar-refractivity contribution in [3.63, 3.8) is 0 Å². The maximum atomic E-state index is 13.1. The van der Waals surface area contributed by atoms with Crippen LogP contribution in [0.15, 0.2) is 73.2 Å². The fourth-order valence-corrected chi connectivity index (χ4v) is 3.27. The number of nitrogens with zero attached hydrogens (tertiary/aromatic N) is 3. The van der Waals surface area contributed by atoms with Crippen LogP contribution >= 0.6 is 11.6 Å². The molecule has 0 bridgehead atoms. The number of halogens is 1. The summed E-state index contributed by atoms with van der Waals surface area (Å²) in [7, 11) is 0. The van der Waals surface area contributed by atoms with Crippen LogP contribution < -0.4 is 5.32 Å². The minimum atomic E-state index is -0.243. The lowest BCUT2D eigenvalue weighted by Crippen LogP contribution is -2.16. The molecule has 0 radical (unpaired) electrons. The average molecular weight is 391 g/mol. The highest BCUT2D eigenvalue weighted by atomic mass is 35.5. The molecule has 1 N–H and O–H groups in total. The molecule has 2 heterocycles. The van der Waals surface area contributed by atoms with Crippen molar-refractivity contribution in [1.82, 2.24) is 14.3 Å². The van der Waals surface area contributed by atoms with Gasteiger partial charge in [-0.15, -0.1) is 0 Å². The van der Waals surface area contributed by atoms with Gasteiger partial charge in [-0.05, 0) is 61.4 Å². The van der Waals surface area contributed by atoms with Crippen molar-refractivity contribution in [3.05, 3.63) is 94.9 Å². The van der Waals surface area contributed by atoms with Crippen molar-refractivity contribution in [2.45, 2.75) is 13.8 Å². The molecule has 2 aromatic carbocycles. The summed E-state index contributed by atoms with van der Waals surface area (Å²) in [4.78, 5) is 13.1. The summed E-state index contributed by atoms with van der Waals surface area (Å²) >= 11 is 6.09. The van der Waals surface area contributed by atoms with Crippen LogP contribution in [0.3, 0.4) is 0 Å². The van der Waals surface area contributed by atoms with E-state index >= 15 is 0 Å². The van der Waals surface area contributed by atoms with Gasteiger partial charge < -0.3 is 9.88 Å². The molecule has 0 aliphatic heterocycles. The molecule has 4 rings (SSSR count). The van der Waals surface area contributed by atoms with Crippen molar-refractivity contribution < 1.29 is 4.79 Å². The van der Waals surface area contributed by atoms with Crippen LogP contribution in [0.5, 0.6) is 0 Å². The number of benzene rings is 2. The fourth-order valence-electron chi connectivity index (χ4n) is 3.09. The lowest BCUT2D eigenvalue weighted by Gasteiger charge is -2.12. The second-order valence-corrected chi connectivity index (χ2v) is 7.07. The molecular weight excluding hydrogens is 372 g/mol. The minimum Gasteiger partial charge on any atom is -0.322 e. The third-order valence-corrected chi connectivity index (χ3v) is 4.77. The van der Waals surface area contributed by atoms with Gasteiger partial charge in [-0.25, -0.2) is 4.68 Å². The third kappa shape index (κ3) is 3.44. The Labute approximate surface area is 168 Å². The summed E-state index contributed by atoms with van der Waals surface area (Å²) < 4.78 is 3.65. The molecule has 140 valence electrons. The van der Waals surface area contributed by atoms with Crippen LogP contribution in [0.4, 0.5) is 5.69 Å². The zero-order chi connectivity index (χ0) is 19.7. The number of carbonyl (C=O) groups is 1. The molecule has 6 heteroatoms. The second-order valence-electron chi connectivity index (χ2n) is 6.64. The first-order valence-corrected chi connectivity index (χ1v) is 9.26. The summed E-state index contributed by atoms with van der Waals surface area (Å²) in [6.45, 7) is 3.95. The normalized spacial score (nSPS) is 10.8. The SMILES string of the molecule is Cc1cccc(-n2ncc(C(=O)Nc3cc(Cl)ccc3C)c2-n2cccc2)c1. The largest absolute Gasteiger partial charge is 0.322 e. The number of aryl methyl sites for hydroxylation is 2. The molecular formula is C22H19ClN4O. The lowest BCUT2D eigenvalue weighted by molar-refractivity contribution is 0.102. The first kappa shape index (κ1) is 18.1. The zero-order valence-electron chi connectivity index (χ0n) is 15.6. The third-order valence-electron chi connectivity index (χ3n) is 4.53. The van der Waals surface area contributed by atoms with Crippen molar-refractivity contribution in [2.75, 3.05) is 5.32 Å². The van der Waals surface area contributed by atoms with E-state index in [4.69, 9.17) is 11.6 Å². The van der Waals surface area contributed by atoms with Crippen LogP contribution in [0.1, 0.15) is 21.5 Å². The predicted octanol–water partition coefficient (Wildman–Crippen LogP) is 5.19. The van der Waals surface area contributed by atoms with Gasteiger partial charge in [-0.3, -0.25) is 4.79 Å². The van der Waals surface area contributed by atoms with Crippen molar-refractivity contribution in [2.24, 2.45) is 0 Å². The van der Waals surface area contributed by atoms with Crippen LogP contribution in [0.25, 0.3) is 11.5 Å². The zero-order valence-corrected chi connectivity index (χ0v) is 16.3. The summed E-state index contributed by atoms with van der Waals surface area (Å²) in [5, 5.41) is 8.02. The Morgan fingerprint density at radius 3 is 2.57 bits per heavy atom. The van der Waals surface area contributed by atoms with E-state index in [9.17, 15) is 4.79 Å². The lowest BCUT2D eigenvalue weighted by atomic mass is 10.2. The van der Waals surface area contributed by atoms with Gasteiger partial charge in [0.05, 0.1) is 11.9 Å². The van der Waals surface area contributed by atoms with Gasteiger partial charge in [0.1, 0.15) is 5.56 Å². The van der Waals surface area contributed by atoms with Crippen LogP contribution in [-0.2, 0) is 0 Å². The number of carbonyl (C=O) groups excluding carboxylic acids is 1. The Hall–Kier alpha value is -3.31. The molecule has 2 aromatic heterocycles. The van der Waals surface area contributed by atoms with E-state index in [1.807, 2.05) is 73.3 Å². The monoisotopic (exact) mass is 390 g/mol. The van der Waals surface area contributed by atoms with E-state index in [-0.39, 0.29) is 5.91 Å². The number of anilines is 1. The highest BCUT2D eigenvalue weighted by Gasteiger charge is 2.20. The van der Waals surface area contributed by atoms with Crippen molar-refractivity contribution in [1.29, 1.82) is 0 Å². The van der Waals surface area contributed by atoms with Gasteiger partial charge in [-0.2, -0.15) is 5.10 Å². The fraction of sp³-hybridized carbons (Fsp3) is 0.0909. The minimum absolute atomic E-state index is 0.243. The maximum Gasteiger partial charge on any atom is 0.261 e. The molecule has 5 nitrogen and oxygen atoms in total. The second kappa shape index (κ2) is 7.37. The Bertz CT molecular complexity index is 1150. The van der Waals surface area contributed by atoms with Crippen molar-refractivity contribution in [3.8, 4) is 11.5 Å². The van der Waals surface area contributed by atoms with Gasteiger partial charge in [0.2, 0.25) is 0 Å². The average Bonchev–Trinajstić information content (AvgIpc) is 3.33. The number of aromatic nitrogens is 3. The van der Waals surface area contributed by atoms with E-state index in [1.54, 1.807) is 23.0 Å². The molecule has 4 aromatic rings. The number of nitrogens with one attached hydrogen (secondary N) is 1. The number of hydrogen-bond acceptors (Lipinski definition) is 2. The van der Waals surface area contributed by atoms with E-state index in [2.05, 4.69) is 10.4 Å². The molecule has 0 aliphatic carbocycles. The molecule has 1 amide bonds. The van der Waals surface area contributed by atoms with Gasteiger partial charge in [0, 0.05) is 23.1 Å². The van der Waals surface area contributed by atoms with Gasteiger partial charge in [0.15, 0.2) is 5.82 Å². The van der Waals surface area contributed by atoms with Gasteiger partial charge >= 0.3 is 0 Å². The smallest absolute Gasteiger partial charge is 0.261 e. The Balaban J connectivity index is 1.79. The summed E-state index contributed by atoms with van der Waals surface area (Å²) in [6, 6.07) is 17.2. The topological polar surface area (TPSA) is 51.9 Å². The number of amides is 1. The Morgan fingerprint density at radius 1 is 1.04 bits per heavy atom. The predicted molar refractivity (Wildman–Crippen MR) is 112 cm³/mol. The van der Waals surface area contributed by atoms with E-state index in [0.717, 1.165) is 16.8 Å². The summed E-state index contributed by atoms with van der Waals surface area (Å²) in [5.74, 6) is 0.431. The molecule has 0 unspecified atom stereocenters. The quantitative estimate of drug-likeness (QED) is 0.521. The Morgan fingerprint density at radius 2 is 1.82 bits per heavy atom. The maximum absolute atomic E-state index is 13.1. The summed E-state index contributed by atoms with van der Waals surface area (Å²) in [5.41, 5.74) is 4.09. The highest BCUT2D eigenvalue weighted by Crippen LogP contribution is 2.24. The van der Waals surface area contributed by atoms with Crippen molar-refractivity contribution >= 4 is 23.2 Å². The standard InChI is InChI=1S/C22H19ClN4O/c1-15-6-5-7-18(12-15)27-22(26-10-3-4-11-26)19(14-24-27)21(28)25-20-13-17(23)9-8-16(20)2/h3-14H,1-2H3,(H,25,28). The Kier molecular flexibility index (Phi) is 4.75. The van der Waals surface area contributed by atoms with Crippen LogP contribution in [-0.4, -0.2) is 20.3 Å². The number of rotatable bonds is 4. The molecule has 0 saturated heterocycles. The highest BCUT2D eigenvalue weighted by molar-refractivity contribution is 6.31. The van der Waals surface area contributed by atoms with Gasteiger partial charge in [0.25, 0.3) is 5.91 Å². The van der Waals surface area contributed by atoms with Gasteiger partial charge in [-0.1, -0.05) is 29.8 Å². The van der Waals surface area contributed by atoms with Crippen LogP contribution in [0, 0.1) is 13.8 Å². The molecule has 28 heavy (non-hydrogen) atoms. The molecule has 0 atom stereocenters. The first-order valence-electron chi connectivity index (χ1n) is 8.89. The van der Waals surface area contributed by atoms with E-state index in [0.29, 0.717) is 22.1 Å². The summed E-state index contributed by atoms with van der Waals surface area (Å²) in [6.07, 6.45) is 5.38. The molecule has 0 saturated carbocycles. The van der Waals surface area contributed by atoms with E-state index in [1.165, 1.54) is 0 Å². The molecule has 0 aliphatic rings. The number of hydrogen-bond donors (Lipinski definition) is 1. The first-order chi connectivity index (χ1) is 13.5. The van der Waals surface area contributed by atoms with E-state index < -0.39 is 0 Å². The molecule has 0 fully saturated rings. The molecule has 0 spiro atoms.